The summed E-state index contributed by atoms with van der Waals surface area (Å²) in [6.07, 6.45) is 0. The number of amidine groups is 1. The van der Waals surface area contributed by atoms with E-state index in [1.54, 1.807) is 0 Å². The first-order chi connectivity index (χ1) is 13.3. The number of benzene rings is 3. The number of anilines is 1. The van der Waals surface area contributed by atoms with Gasteiger partial charge in [-0.2, -0.15) is 8.42 Å². The monoisotopic (exact) mass is 433 g/mol. The zero-order valence-electron chi connectivity index (χ0n) is 14.5. The molecule has 9 heteroatoms. The minimum Gasteiger partial charge on any atom is -0.361 e. The molecule has 0 aliphatic heterocycles. The molecule has 0 aliphatic rings. The molecule has 3 aromatic rings. The van der Waals surface area contributed by atoms with Gasteiger partial charge < -0.3 is 11.1 Å². The van der Waals surface area contributed by atoms with E-state index in [9.17, 15) is 13.2 Å². The van der Waals surface area contributed by atoms with E-state index in [0.717, 1.165) is 22.5 Å². The van der Waals surface area contributed by atoms with Gasteiger partial charge in [-0.05, 0) is 35.7 Å². The van der Waals surface area contributed by atoms with E-state index in [1.807, 2.05) is 42.5 Å². The Labute approximate surface area is 171 Å². The van der Waals surface area contributed by atoms with Crippen molar-refractivity contribution in [2.45, 2.75) is 4.90 Å². The van der Waals surface area contributed by atoms with E-state index in [0.29, 0.717) is 10.7 Å². The lowest BCUT2D eigenvalue weighted by Crippen LogP contribution is -2.19. The average molecular weight is 434 g/mol. The zero-order chi connectivity index (χ0) is 20.1. The number of nitrogens with two attached hydrogens (primary N) is 1. The lowest BCUT2D eigenvalue weighted by molar-refractivity contribution is 0.267. The molecule has 3 rings (SSSR count). The second-order valence-corrected chi connectivity index (χ2v) is 8.75. The van der Waals surface area contributed by atoms with E-state index in [-0.39, 0.29) is 16.5 Å². The molecule has 0 fully saturated rings. The third kappa shape index (κ3) is 5.03. The van der Waals surface area contributed by atoms with Gasteiger partial charge in [-0.1, -0.05) is 59.8 Å². The smallest absolute Gasteiger partial charge is 0.283 e. The van der Waals surface area contributed by atoms with Gasteiger partial charge in [-0.3, -0.25) is 4.79 Å². The van der Waals surface area contributed by atoms with Gasteiger partial charge in [0.15, 0.2) is 0 Å². The van der Waals surface area contributed by atoms with Crippen molar-refractivity contribution in [2.75, 3.05) is 11.1 Å². The minimum atomic E-state index is -4.00. The van der Waals surface area contributed by atoms with Crippen LogP contribution in [-0.2, 0) is 10.0 Å². The second-order valence-electron chi connectivity index (χ2n) is 5.73. The molecule has 3 aromatic carbocycles. The van der Waals surface area contributed by atoms with Crippen LogP contribution in [0.5, 0.6) is 0 Å². The van der Waals surface area contributed by atoms with Gasteiger partial charge in [-0.15, -0.1) is 4.40 Å². The molecule has 0 aliphatic carbocycles. The van der Waals surface area contributed by atoms with E-state index >= 15 is 0 Å². The number of nitrogens with one attached hydrogen (secondary N) is 1. The van der Waals surface area contributed by atoms with Gasteiger partial charge in [0.2, 0.25) is 0 Å². The third-order valence-corrected chi connectivity index (χ3v) is 6.04. The highest BCUT2D eigenvalue weighted by Gasteiger charge is 2.16. The number of nitrogens with zero attached hydrogens (tertiary/aromatic N) is 1. The highest BCUT2D eigenvalue weighted by atomic mass is 35.5. The van der Waals surface area contributed by atoms with Gasteiger partial charge in [0.05, 0.1) is 10.6 Å². The predicted octanol–water partition coefficient (Wildman–Crippen LogP) is 4.50. The van der Waals surface area contributed by atoms with Crippen LogP contribution in [0.15, 0.2) is 76.0 Å². The van der Waals surface area contributed by atoms with Crippen molar-refractivity contribution in [3.05, 3.63) is 71.8 Å². The molecular weight excluding hydrogens is 418 g/mol. The summed E-state index contributed by atoms with van der Waals surface area (Å²) in [7, 11) is -4.00. The number of sulfonamides is 1. The second kappa shape index (κ2) is 8.64. The van der Waals surface area contributed by atoms with Gasteiger partial charge in [0.1, 0.15) is 5.84 Å². The lowest BCUT2D eigenvalue weighted by Gasteiger charge is -2.12. The molecule has 0 saturated heterocycles. The number of fused-ring (bicyclic) bond motifs is 1. The maximum atomic E-state index is 12.7. The summed E-state index contributed by atoms with van der Waals surface area (Å²) in [5, 5.41) is 4.70. The summed E-state index contributed by atoms with van der Waals surface area (Å²) < 4.78 is 29.2. The van der Waals surface area contributed by atoms with Crippen molar-refractivity contribution in [1.29, 1.82) is 0 Å². The number of carbonyl (C=O) groups excluding carboxylic acids is 1. The Morgan fingerprint density at radius 1 is 1.04 bits per heavy atom. The molecule has 144 valence electrons. The molecular formula is C19H16ClN3O3S2. The molecule has 0 heterocycles. The van der Waals surface area contributed by atoms with Crippen molar-refractivity contribution >= 4 is 60.9 Å². The molecule has 0 spiro atoms. The Hall–Kier alpha value is -2.55. The van der Waals surface area contributed by atoms with Crippen LogP contribution in [0.2, 0.25) is 5.02 Å². The fourth-order valence-corrected chi connectivity index (χ4v) is 4.13. The summed E-state index contributed by atoms with van der Waals surface area (Å²) in [6, 6.07) is 18.9. The average Bonchev–Trinajstić information content (AvgIpc) is 2.66. The number of rotatable bonds is 5. The molecule has 1 amide bonds. The Kier molecular flexibility index (Phi) is 6.23. The van der Waals surface area contributed by atoms with E-state index in [4.69, 9.17) is 17.3 Å². The lowest BCUT2D eigenvalue weighted by atomic mass is 10.1. The highest BCUT2D eigenvalue weighted by molar-refractivity contribution is 8.14. The molecule has 28 heavy (non-hydrogen) atoms. The van der Waals surface area contributed by atoms with E-state index in [2.05, 4.69) is 9.71 Å². The van der Waals surface area contributed by atoms with Crippen LogP contribution in [-0.4, -0.2) is 25.2 Å². The van der Waals surface area contributed by atoms with Crippen LogP contribution in [0, 0.1) is 0 Å². The number of hydrogen-bond donors (Lipinski definition) is 2. The third-order valence-electron chi connectivity index (χ3n) is 3.76. The molecule has 3 N–H and O–H groups in total. The van der Waals surface area contributed by atoms with Crippen LogP contribution >= 0.6 is 23.4 Å². The standard InChI is InChI=1S/C19H16ClN3O3S2/c20-14-8-10-15(11-9-14)28(25,26)23-18(12-27-19(21)24)22-17-7-3-5-13-4-1-2-6-16(13)17/h1-11H,12H2,(H2,21,24)(H,22,23). The summed E-state index contributed by atoms with van der Waals surface area (Å²) in [5.74, 6) is 0.0702. The summed E-state index contributed by atoms with van der Waals surface area (Å²) in [6.45, 7) is 0. The van der Waals surface area contributed by atoms with Crippen molar-refractivity contribution < 1.29 is 13.2 Å². The van der Waals surface area contributed by atoms with Crippen LogP contribution < -0.4 is 11.1 Å². The minimum absolute atomic E-state index is 0.00167. The SMILES string of the molecule is NC(=O)SCC(=NS(=O)(=O)c1ccc(Cl)cc1)Nc1cccc2ccccc12. The number of primary amides is 1. The number of halogens is 1. The zero-order valence-corrected chi connectivity index (χ0v) is 16.9. The number of hydrogen-bond acceptors (Lipinski definition) is 4. The molecule has 6 nitrogen and oxygen atoms in total. The van der Waals surface area contributed by atoms with Gasteiger partial charge in [-0.25, -0.2) is 0 Å². The van der Waals surface area contributed by atoms with Crippen LogP contribution in [0.1, 0.15) is 0 Å². The van der Waals surface area contributed by atoms with Crippen molar-refractivity contribution in [2.24, 2.45) is 10.1 Å². The largest absolute Gasteiger partial charge is 0.361 e. The summed E-state index contributed by atoms with van der Waals surface area (Å²) in [4.78, 5) is 11.2. The molecule has 0 aromatic heterocycles. The number of thioether (sulfide) groups is 1. The van der Waals surface area contributed by atoms with Crippen molar-refractivity contribution in [3.63, 3.8) is 0 Å². The maximum absolute atomic E-state index is 12.7. The first-order valence-corrected chi connectivity index (χ1v) is 10.9. The van der Waals surface area contributed by atoms with Gasteiger partial charge in [0.25, 0.3) is 15.3 Å². The Balaban J connectivity index is 1.99. The Morgan fingerprint density at radius 3 is 2.43 bits per heavy atom. The number of carbonyl (C=O) groups is 1. The predicted molar refractivity (Wildman–Crippen MR) is 116 cm³/mol. The highest BCUT2D eigenvalue weighted by Crippen LogP contribution is 2.24. The first-order valence-electron chi connectivity index (χ1n) is 8.11. The van der Waals surface area contributed by atoms with E-state index < -0.39 is 15.3 Å². The van der Waals surface area contributed by atoms with Crippen LogP contribution in [0.3, 0.4) is 0 Å². The summed E-state index contributed by atoms with van der Waals surface area (Å²) in [5.41, 5.74) is 5.87. The quantitative estimate of drug-likeness (QED) is 0.455. The van der Waals surface area contributed by atoms with Gasteiger partial charge in [0, 0.05) is 16.1 Å². The van der Waals surface area contributed by atoms with Crippen LogP contribution in [0.4, 0.5) is 10.5 Å². The Bertz CT molecular complexity index is 1140. The molecule has 0 bridgehead atoms. The van der Waals surface area contributed by atoms with Crippen molar-refractivity contribution in [3.8, 4) is 0 Å². The topological polar surface area (TPSA) is 102 Å². The first kappa shape index (κ1) is 20.2. The van der Waals surface area contributed by atoms with Crippen LogP contribution in [0.25, 0.3) is 10.8 Å². The number of amides is 1. The fourth-order valence-electron chi connectivity index (χ4n) is 2.52. The normalized spacial score (nSPS) is 12.1. The van der Waals surface area contributed by atoms with E-state index in [1.165, 1.54) is 24.3 Å². The molecule has 0 atom stereocenters. The molecule has 0 saturated carbocycles. The Morgan fingerprint density at radius 2 is 1.71 bits per heavy atom. The van der Waals surface area contributed by atoms with Crippen molar-refractivity contribution in [1.82, 2.24) is 0 Å². The summed E-state index contributed by atoms with van der Waals surface area (Å²) >= 11 is 6.58. The van der Waals surface area contributed by atoms with Gasteiger partial charge >= 0.3 is 0 Å². The molecule has 0 unspecified atom stereocenters. The molecule has 0 radical (unpaired) electrons. The maximum Gasteiger partial charge on any atom is 0.283 e. The fraction of sp³-hybridized carbons (Fsp3) is 0.0526.